The van der Waals surface area contributed by atoms with Crippen molar-refractivity contribution in [2.75, 3.05) is 30.3 Å². The Balaban J connectivity index is 1.68. The van der Waals surface area contributed by atoms with Gasteiger partial charge in [0.25, 0.3) is 0 Å². The van der Waals surface area contributed by atoms with Crippen molar-refractivity contribution in [1.82, 2.24) is 4.90 Å². The number of halogens is 3. The van der Waals surface area contributed by atoms with Crippen molar-refractivity contribution in [2.45, 2.75) is 30.3 Å². The van der Waals surface area contributed by atoms with E-state index >= 15 is 0 Å². The summed E-state index contributed by atoms with van der Waals surface area (Å²) in [6.45, 7) is 1.52. The Kier molecular flexibility index (Phi) is 5.01. The second-order valence-corrected chi connectivity index (χ2v) is 9.47. The van der Waals surface area contributed by atoms with Crippen molar-refractivity contribution in [3.05, 3.63) is 52.6 Å². The van der Waals surface area contributed by atoms with E-state index < -0.39 is 17.8 Å². The Bertz CT molecular complexity index is 1140. The standard InChI is InChI=1S/C23H20F3N3O2S/c24-23(25,26)19-7-13(10-27)1-2-16(19)14-8-15-12-32-6-5-29-20-3-4-28(22(30)31)11-18(20)17(9-14)21(15)29/h1-2,7-9,18,20H,3-6,11-12H2,(H,30,31)/p-1/t18-,20-/m0/s1. The summed E-state index contributed by atoms with van der Waals surface area (Å²) in [7, 11) is 0. The number of hydrogen-bond acceptors (Lipinski definition) is 5. The summed E-state index contributed by atoms with van der Waals surface area (Å²) in [5.41, 5.74) is 2.54. The van der Waals surface area contributed by atoms with Gasteiger partial charge in [-0.3, -0.25) is 0 Å². The fraction of sp³-hybridized carbons (Fsp3) is 0.391. The second-order valence-electron chi connectivity index (χ2n) is 8.36. The Labute approximate surface area is 187 Å². The third-order valence-electron chi connectivity index (χ3n) is 6.64. The molecule has 5 rings (SSSR count). The van der Waals surface area contributed by atoms with E-state index in [1.807, 2.05) is 6.07 Å². The van der Waals surface area contributed by atoms with Crippen molar-refractivity contribution < 1.29 is 23.1 Å². The molecule has 2 atom stereocenters. The lowest BCUT2D eigenvalue weighted by Gasteiger charge is -2.40. The topological polar surface area (TPSA) is 70.4 Å². The second kappa shape index (κ2) is 7.62. The number of carbonyl (C=O) groups is 1. The van der Waals surface area contributed by atoms with E-state index in [1.54, 1.807) is 23.9 Å². The number of piperidine rings is 1. The molecule has 3 heterocycles. The number of amides is 1. The number of rotatable bonds is 1. The van der Waals surface area contributed by atoms with Gasteiger partial charge in [-0.15, -0.1) is 0 Å². The summed E-state index contributed by atoms with van der Waals surface area (Å²) in [6.07, 6.45) is -5.15. The molecule has 0 aromatic heterocycles. The lowest BCUT2D eigenvalue weighted by atomic mass is 9.86. The van der Waals surface area contributed by atoms with E-state index in [1.165, 1.54) is 17.0 Å². The Morgan fingerprint density at radius 1 is 1.22 bits per heavy atom. The first-order valence-electron chi connectivity index (χ1n) is 10.4. The summed E-state index contributed by atoms with van der Waals surface area (Å²) in [6, 6.07) is 9.19. The van der Waals surface area contributed by atoms with Gasteiger partial charge in [0.15, 0.2) is 0 Å². The van der Waals surface area contributed by atoms with E-state index in [-0.39, 0.29) is 29.6 Å². The number of nitrogens with zero attached hydrogens (tertiary/aromatic N) is 3. The molecule has 2 aromatic rings. The number of benzene rings is 2. The highest BCUT2D eigenvalue weighted by molar-refractivity contribution is 7.98. The van der Waals surface area contributed by atoms with Crippen molar-refractivity contribution in [3.63, 3.8) is 0 Å². The quantitative estimate of drug-likeness (QED) is 0.650. The Morgan fingerprint density at radius 2 is 2.03 bits per heavy atom. The average Bonchev–Trinajstić information content (AvgIpc) is 2.92. The minimum absolute atomic E-state index is 0.0346. The maximum atomic E-state index is 13.9. The molecule has 1 fully saturated rings. The lowest BCUT2D eigenvalue weighted by molar-refractivity contribution is -0.266. The van der Waals surface area contributed by atoms with E-state index in [2.05, 4.69) is 4.90 Å². The molecule has 0 aliphatic carbocycles. The van der Waals surface area contributed by atoms with Gasteiger partial charge in [-0.2, -0.15) is 30.2 Å². The maximum absolute atomic E-state index is 13.9. The molecule has 2 aromatic carbocycles. The van der Waals surface area contributed by atoms with Crippen LogP contribution < -0.4 is 10.0 Å². The minimum Gasteiger partial charge on any atom is -0.530 e. The van der Waals surface area contributed by atoms with E-state index in [0.717, 1.165) is 35.2 Å². The number of carboxylic acid groups (broad SMARTS) is 1. The zero-order chi connectivity index (χ0) is 22.6. The number of alkyl halides is 3. The van der Waals surface area contributed by atoms with Gasteiger partial charge in [-0.05, 0) is 52.9 Å². The highest BCUT2D eigenvalue weighted by atomic mass is 32.2. The van der Waals surface area contributed by atoms with Crippen LogP contribution in [0.25, 0.3) is 11.1 Å². The molecule has 1 saturated heterocycles. The summed E-state index contributed by atoms with van der Waals surface area (Å²) in [4.78, 5) is 15.1. The number of hydrogen-bond donors (Lipinski definition) is 0. The number of anilines is 1. The maximum Gasteiger partial charge on any atom is 0.417 e. The molecule has 0 saturated carbocycles. The zero-order valence-electron chi connectivity index (χ0n) is 17.0. The number of carbonyl (C=O) groups excluding carboxylic acids is 1. The van der Waals surface area contributed by atoms with E-state index in [4.69, 9.17) is 5.26 Å². The molecule has 0 N–H and O–H groups in total. The highest BCUT2D eigenvalue weighted by Gasteiger charge is 2.44. The third kappa shape index (κ3) is 3.37. The predicted molar refractivity (Wildman–Crippen MR) is 113 cm³/mol. The van der Waals surface area contributed by atoms with Gasteiger partial charge in [0.05, 0.1) is 17.2 Å². The number of nitriles is 1. The van der Waals surface area contributed by atoms with Crippen LogP contribution in [-0.2, 0) is 11.9 Å². The summed E-state index contributed by atoms with van der Waals surface area (Å²) < 4.78 is 41.6. The first-order valence-corrected chi connectivity index (χ1v) is 11.5. The molecular formula is C23H19F3N3O2S-. The zero-order valence-corrected chi connectivity index (χ0v) is 17.8. The predicted octanol–water partition coefficient (Wildman–Crippen LogP) is 3.81. The monoisotopic (exact) mass is 458 g/mol. The SMILES string of the molecule is N#Cc1ccc(-c2cc3c4c(c2)[C@@H]2CN(C(=O)[O-])CC[C@@H]2N4CCSC3)c(C(F)(F)F)c1. The average molecular weight is 458 g/mol. The fourth-order valence-electron chi connectivity index (χ4n) is 5.29. The number of fused-ring (bicyclic) bond motifs is 3. The number of likely N-dealkylation sites (tertiary alicyclic amines) is 1. The minimum atomic E-state index is -4.60. The lowest BCUT2D eigenvalue weighted by Crippen LogP contribution is -2.52. The van der Waals surface area contributed by atoms with Crippen molar-refractivity contribution in [3.8, 4) is 17.2 Å². The molecule has 5 nitrogen and oxygen atoms in total. The van der Waals surface area contributed by atoms with Crippen LogP contribution in [0, 0.1) is 11.3 Å². The molecular weight excluding hydrogens is 439 g/mol. The van der Waals surface area contributed by atoms with Gasteiger partial charge < -0.3 is 19.7 Å². The van der Waals surface area contributed by atoms with Crippen molar-refractivity contribution in [2.24, 2.45) is 0 Å². The Morgan fingerprint density at radius 3 is 2.75 bits per heavy atom. The van der Waals surface area contributed by atoms with Crippen LogP contribution in [-0.4, -0.2) is 42.4 Å². The summed E-state index contributed by atoms with van der Waals surface area (Å²) in [5.74, 6) is 1.49. The third-order valence-corrected chi connectivity index (χ3v) is 7.63. The van der Waals surface area contributed by atoms with Crippen LogP contribution in [0.4, 0.5) is 23.7 Å². The van der Waals surface area contributed by atoms with Gasteiger partial charge in [0.2, 0.25) is 0 Å². The molecule has 0 radical (unpaired) electrons. The smallest absolute Gasteiger partial charge is 0.417 e. The van der Waals surface area contributed by atoms with Crippen LogP contribution in [0.5, 0.6) is 0 Å². The molecule has 0 bridgehead atoms. The molecule has 32 heavy (non-hydrogen) atoms. The van der Waals surface area contributed by atoms with Crippen LogP contribution in [0.15, 0.2) is 30.3 Å². The van der Waals surface area contributed by atoms with Crippen molar-refractivity contribution >= 4 is 23.5 Å². The first-order chi connectivity index (χ1) is 15.3. The number of thioether (sulfide) groups is 1. The molecule has 0 spiro atoms. The summed E-state index contributed by atoms with van der Waals surface area (Å²) >= 11 is 1.75. The molecule has 0 unspecified atom stereocenters. The summed E-state index contributed by atoms with van der Waals surface area (Å²) in [5, 5.41) is 20.6. The van der Waals surface area contributed by atoms with Crippen LogP contribution in [0.3, 0.4) is 0 Å². The van der Waals surface area contributed by atoms with E-state index in [0.29, 0.717) is 24.3 Å². The molecule has 3 aliphatic rings. The largest absolute Gasteiger partial charge is 0.530 e. The molecule has 9 heteroatoms. The normalized spacial score (nSPS) is 22.1. The van der Waals surface area contributed by atoms with Gasteiger partial charge in [-0.25, -0.2) is 0 Å². The van der Waals surface area contributed by atoms with Gasteiger partial charge in [-0.1, -0.05) is 6.07 Å². The van der Waals surface area contributed by atoms with Gasteiger partial charge in [0, 0.05) is 48.8 Å². The Hall–Kier alpha value is -2.86. The fourth-order valence-corrected chi connectivity index (χ4v) is 6.20. The van der Waals surface area contributed by atoms with Crippen LogP contribution in [0.1, 0.15) is 34.6 Å². The van der Waals surface area contributed by atoms with E-state index in [9.17, 15) is 23.1 Å². The van der Waals surface area contributed by atoms with Crippen LogP contribution >= 0.6 is 11.8 Å². The highest BCUT2D eigenvalue weighted by Crippen LogP contribution is 2.50. The van der Waals surface area contributed by atoms with Crippen molar-refractivity contribution in [1.29, 1.82) is 5.26 Å². The molecule has 1 amide bonds. The first kappa shape index (κ1) is 21.0. The van der Waals surface area contributed by atoms with Crippen LogP contribution in [0.2, 0.25) is 0 Å². The van der Waals surface area contributed by atoms with Gasteiger partial charge in [0.1, 0.15) is 6.09 Å². The van der Waals surface area contributed by atoms with Gasteiger partial charge >= 0.3 is 6.18 Å². The molecule has 3 aliphatic heterocycles. The molecule has 166 valence electrons.